The van der Waals surface area contributed by atoms with Crippen molar-refractivity contribution in [3.05, 3.63) is 76.5 Å². The second-order valence-corrected chi connectivity index (χ2v) is 5.57. The molecule has 3 rings (SSSR count). The maximum Gasteiger partial charge on any atom is 0.193 e. The molecule has 0 aliphatic heterocycles. The third kappa shape index (κ3) is 4.12. The summed E-state index contributed by atoms with van der Waals surface area (Å²) >= 11 is 3.41. The zero-order valence-corrected chi connectivity index (χ0v) is 14.0. The van der Waals surface area contributed by atoms with Crippen molar-refractivity contribution >= 4 is 34.2 Å². The Hall–Kier alpha value is -1.78. The average Bonchev–Trinajstić information content (AvgIpc) is 2.96. The number of benzene rings is 2. The molecule has 5 heteroatoms. The van der Waals surface area contributed by atoms with Crippen molar-refractivity contribution in [2.24, 2.45) is 0 Å². The molecule has 2 nitrogen and oxygen atoms in total. The monoisotopic (exact) mass is 381 g/mol. The van der Waals surface area contributed by atoms with Gasteiger partial charge in [-0.15, -0.1) is 12.4 Å². The Kier molecular flexibility index (Phi) is 5.63. The normalized spacial score (nSPS) is 10.1. The van der Waals surface area contributed by atoms with Crippen molar-refractivity contribution in [3.63, 3.8) is 0 Å². The molecular formula is C17H14BrClFNO. The van der Waals surface area contributed by atoms with Crippen molar-refractivity contribution in [1.29, 1.82) is 0 Å². The topological polar surface area (TPSA) is 25.2 Å². The van der Waals surface area contributed by atoms with E-state index in [1.54, 1.807) is 12.1 Å². The van der Waals surface area contributed by atoms with Crippen LogP contribution in [0, 0.1) is 5.82 Å². The summed E-state index contributed by atoms with van der Waals surface area (Å²) in [5.41, 5.74) is 2.02. The minimum absolute atomic E-state index is 0. The lowest BCUT2D eigenvalue weighted by Crippen LogP contribution is -1.97. The summed E-state index contributed by atoms with van der Waals surface area (Å²) in [6.45, 7) is 0.591. The molecule has 0 saturated heterocycles. The predicted octanol–water partition coefficient (Wildman–Crippen LogP) is 5.88. The van der Waals surface area contributed by atoms with Crippen molar-refractivity contribution in [3.8, 4) is 11.3 Å². The number of furan rings is 1. The molecule has 0 aliphatic rings. The van der Waals surface area contributed by atoms with Gasteiger partial charge in [-0.2, -0.15) is 0 Å². The molecule has 1 aromatic heterocycles. The third-order valence-electron chi connectivity index (χ3n) is 3.11. The summed E-state index contributed by atoms with van der Waals surface area (Å²) < 4.78 is 19.6. The maximum absolute atomic E-state index is 12.8. The lowest BCUT2D eigenvalue weighted by molar-refractivity contribution is 0.593. The van der Waals surface area contributed by atoms with Crippen LogP contribution in [0.15, 0.2) is 69.6 Å². The van der Waals surface area contributed by atoms with Crippen molar-refractivity contribution in [1.82, 2.24) is 0 Å². The largest absolute Gasteiger partial charge is 0.441 e. The van der Waals surface area contributed by atoms with Gasteiger partial charge in [-0.05, 0) is 35.9 Å². The number of hydrogen-bond donors (Lipinski definition) is 1. The molecular weight excluding hydrogens is 369 g/mol. The van der Waals surface area contributed by atoms with Crippen LogP contribution < -0.4 is 5.32 Å². The molecule has 114 valence electrons. The summed E-state index contributed by atoms with van der Waals surface area (Å²) in [6, 6.07) is 18.2. The Labute approximate surface area is 142 Å². The lowest BCUT2D eigenvalue weighted by Gasteiger charge is -2.03. The van der Waals surface area contributed by atoms with Crippen LogP contribution in [0.2, 0.25) is 0 Å². The molecule has 0 fully saturated rings. The van der Waals surface area contributed by atoms with Gasteiger partial charge in [-0.25, -0.2) is 4.39 Å². The summed E-state index contributed by atoms with van der Waals surface area (Å²) in [4.78, 5) is 0. The highest BCUT2D eigenvalue weighted by Crippen LogP contribution is 2.26. The molecule has 0 bridgehead atoms. The quantitative estimate of drug-likeness (QED) is 0.609. The van der Waals surface area contributed by atoms with E-state index in [-0.39, 0.29) is 18.2 Å². The van der Waals surface area contributed by atoms with Gasteiger partial charge in [-0.1, -0.05) is 40.2 Å². The molecule has 0 radical (unpaired) electrons. The zero-order chi connectivity index (χ0) is 14.7. The molecule has 0 amide bonds. The SMILES string of the molecule is Cl.Fc1ccc(CNc2ccc(-c3ccc(Br)cc3)o2)cc1. The van der Waals surface area contributed by atoms with E-state index in [1.165, 1.54) is 12.1 Å². The first kappa shape index (κ1) is 16.6. The predicted molar refractivity (Wildman–Crippen MR) is 92.8 cm³/mol. The van der Waals surface area contributed by atoms with Crippen molar-refractivity contribution in [2.75, 3.05) is 5.32 Å². The number of nitrogens with one attached hydrogen (secondary N) is 1. The average molecular weight is 383 g/mol. The Balaban J connectivity index is 0.00000176. The van der Waals surface area contributed by atoms with Crippen LogP contribution in [0.5, 0.6) is 0 Å². The first-order valence-electron chi connectivity index (χ1n) is 6.55. The van der Waals surface area contributed by atoms with E-state index in [1.807, 2.05) is 36.4 Å². The zero-order valence-electron chi connectivity index (χ0n) is 11.6. The molecule has 22 heavy (non-hydrogen) atoms. The molecule has 1 heterocycles. The van der Waals surface area contributed by atoms with E-state index in [2.05, 4.69) is 21.2 Å². The fourth-order valence-corrected chi connectivity index (χ4v) is 2.26. The molecule has 3 aromatic rings. The molecule has 2 aromatic carbocycles. The second kappa shape index (κ2) is 7.47. The van der Waals surface area contributed by atoms with Gasteiger partial charge >= 0.3 is 0 Å². The first-order chi connectivity index (χ1) is 10.2. The van der Waals surface area contributed by atoms with Crippen LogP contribution >= 0.6 is 28.3 Å². The second-order valence-electron chi connectivity index (χ2n) is 4.65. The van der Waals surface area contributed by atoms with Crippen LogP contribution in [0.25, 0.3) is 11.3 Å². The van der Waals surface area contributed by atoms with E-state index in [0.717, 1.165) is 21.4 Å². The smallest absolute Gasteiger partial charge is 0.193 e. The highest BCUT2D eigenvalue weighted by molar-refractivity contribution is 9.10. The van der Waals surface area contributed by atoms with Crippen LogP contribution in [-0.2, 0) is 6.54 Å². The van der Waals surface area contributed by atoms with Gasteiger partial charge in [0.25, 0.3) is 0 Å². The molecule has 1 N–H and O–H groups in total. The molecule has 0 unspecified atom stereocenters. The maximum atomic E-state index is 12.8. The van der Waals surface area contributed by atoms with Crippen LogP contribution in [-0.4, -0.2) is 0 Å². The van der Waals surface area contributed by atoms with Crippen molar-refractivity contribution < 1.29 is 8.81 Å². The fourth-order valence-electron chi connectivity index (χ4n) is 1.99. The number of anilines is 1. The molecule has 0 saturated carbocycles. The van der Waals surface area contributed by atoms with Gasteiger partial charge < -0.3 is 9.73 Å². The van der Waals surface area contributed by atoms with E-state index >= 15 is 0 Å². The standard InChI is InChI=1S/C17H13BrFNO.ClH/c18-14-5-3-13(4-6-14)16-9-10-17(21-16)20-11-12-1-7-15(19)8-2-12;/h1-10,20H,11H2;1H. The Morgan fingerprint density at radius 3 is 2.27 bits per heavy atom. The van der Waals surface area contributed by atoms with E-state index in [9.17, 15) is 4.39 Å². The summed E-state index contributed by atoms with van der Waals surface area (Å²) in [6.07, 6.45) is 0. The highest BCUT2D eigenvalue weighted by Gasteiger charge is 2.04. The number of rotatable bonds is 4. The molecule has 0 spiro atoms. The fraction of sp³-hybridized carbons (Fsp3) is 0.0588. The van der Waals surface area contributed by atoms with E-state index in [0.29, 0.717) is 12.4 Å². The minimum atomic E-state index is -0.228. The third-order valence-corrected chi connectivity index (χ3v) is 3.64. The first-order valence-corrected chi connectivity index (χ1v) is 7.34. The van der Waals surface area contributed by atoms with Gasteiger partial charge in [-0.3, -0.25) is 0 Å². The van der Waals surface area contributed by atoms with Gasteiger partial charge in [0.05, 0.1) is 0 Å². The Bertz CT molecular complexity index is 725. The van der Waals surface area contributed by atoms with Gasteiger partial charge in [0.2, 0.25) is 0 Å². The summed E-state index contributed by atoms with van der Waals surface area (Å²) in [5.74, 6) is 1.27. The number of halogens is 3. The Morgan fingerprint density at radius 1 is 0.909 bits per heavy atom. The minimum Gasteiger partial charge on any atom is -0.441 e. The van der Waals surface area contributed by atoms with E-state index in [4.69, 9.17) is 4.42 Å². The molecule has 0 aliphatic carbocycles. The van der Waals surface area contributed by atoms with Crippen molar-refractivity contribution in [2.45, 2.75) is 6.54 Å². The lowest BCUT2D eigenvalue weighted by atomic mass is 10.2. The van der Waals surface area contributed by atoms with Crippen LogP contribution in [0.3, 0.4) is 0 Å². The Morgan fingerprint density at radius 2 is 1.59 bits per heavy atom. The van der Waals surface area contributed by atoms with Crippen LogP contribution in [0.4, 0.5) is 10.3 Å². The molecule has 0 atom stereocenters. The highest BCUT2D eigenvalue weighted by atomic mass is 79.9. The van der Waals surface area contributed by atoms with Gasteiger partial charge in [0, 0.05) is 22.6 Å². The van der Waals surface area contributed by atoms with E-state index < -0.39 is 0 Å². The van der Waals surface area contributed by atoms with Crippen LogP contribution in [0.1, 0.15) is 5.56 Å². The summed E-state index contributed by atoms with van der Waals surface area (Å²) in [5, 5.41) is 3.18. The number of hydrogen-bond acceptors (Lipinski definition) is 2. The summed E-state index contributed by atoms with van der Waals surface area (Å²) in [7, 11) is 0. The van der Waals surface area contributed by atoms with Gasteiger partial charge in [0.1, 0.15) is 11.6 Å². The van der Waals surface area contributed by atoms with Gasteiger partial charge in [0.15, 0.2) is 5.88 Å².